The molecule has 5 heterocycles. The summed E-state index contributed by atoms with van der Waals surface area (Å²) in [4.78, 5) is 19.6. The Hall–Kier alpha value is -3.62. The summed E-state index contributed by atoms with van der Waals surface area (Å²) in [6.07, 6.45) is 1.55. The number of anilines is 4. The molecule has 1 aromatic carbocycles. The van der Waals surface area contributed by atoms with Gasteiger partial charge in [-0.15, -0.1) is 5.10 Å². The largest absolute Gasteiger partial charge is 0.616 e. The van der Waals surface area contributed by atoms with Gasteiger partial charge in [-0.2, -0.15) is 19.5 Å². The second-order valence-electron chi connectivity index (χ2n) is 9.26. The van der Waals surface area contributed by atoms with E-state index in [1.807, 2.05) is 12.1 Å². The lowest BCUT2D eigenvalue weighted by Crippen LogP contribution is -2.48. The first kappa shape index (κ1) is 24.7. The van der Waals surface area contributed by atoms with Crippen LogP contribution in [-0.4, -0.2) is 97.9 Å². The van der Waals surface area contributed by atoms with Crippen LogP contribution in [0.25, 0.3) is 17.4 Å². The molecule has 2 aliphatic rings. The van der Waals surface area contributed by atoms with Gasteiger partial charge in [0, 0.05) is 45.0 Å². The van der Waals surface area contributed by atoms with Crippen LogP contribution in [0.2, 0.25) is 0 Å². The summed E-state index contributed by atoms with van der Waals surface area (Å²) >= 11 is -0.751. The van der Waals surface area contributed by atoms with Crippen molar-refractivity contribution in [3.05, 3.63) is 42.4 Å². The number of hydrogen-bond donors (Lipinski definition) is 2. The van der Waals surface area contributed by atoms with Crippen LogP contribution < -0.4 is 20.9 Å². The van der Waals surface area contributed by atoms with Crippen molar-refractivity contribution >= 4 is 40.2 Å². The molecule has 0 spiro atoms. The standard InChI is InChI=1S/C24H29FN10O2S/c25-18-16-17(33-11-14-38(36)15-12-33)3-4-19(18)34-9-7-32(8-10-34)6-5-27-23-29-22(26)35-24(30-23)28-21(31-35)20-2-1-13-37-20/h1-4,13,16H,5-12,14-15H2,(H3,26,27,28,29,30,31). The van der Waals surface area contributed by atoms with Crippen LogP contribution in [0.5, 0.6) is 0 Å². The SMILES string of the molecule is Nc1nc(NCCN2CCN(c3ccc(N4CC[S+]([O-])CC4)cc3F)CC2)nc2nc(-c3ccco3)nn12. The van der Waals surface area contributed by atoms with E-state index in [0.717, 1.165) is 38.4 Å². The fraction of sp³-hybridized carbons (Fsp3) is 0.417. The van der Waals surface area contributed by atoms with E-state index in [1.165, 1.54) is 4.52 Å². The van der Waals surface area contributed by atoms with Crippen molar-refractivity contribution in [1.82, 2.24) is 29.5 Å². The summed E-state index contributed by atoms with van der Waals surface area (Å²) in [5.41, 5.74) is 7.54. The van der Waals surface area contributed by atoms with Crippen LogP contribution >= 0.6 is 0 Å². The first-order valence-electron chi connectivity index (χ1n) is 12.6. The zero-order chi connectivity index (χ0) is 26.1. The summed E-state index contributed by atoms with van der Waals surface area (Å²) < 4.78 is 33.3. The Morgan fingerprint density at radius 1 is 1.03 bits per heavy atom. The highest BCUT2D eigenvalue weighted by molar-refractivity contribution is 7.91. The van der Waals surface area contributed by atoms with Crippen LogP contribution in [-0.2, 0) is 11.2 Å². The van der Waals surface area contributed by atoms with Crippen molar-refractivity contribution in [3.8, 4) is 11.6 Å². The second-order valence-corrected chi connectivity index (χ2v) is 11.0. The van der Waals surface area contributed by atoms with Crippen LogP contribution in [0.15, 0.2) is 41.0 Å². The fourth-order valence-corrected chi connectivity index (χ4v) is 5.83. The third-order valence-corrected chi connectivity index (χ3v) is 8.15. The van der Waals surface area contributed by atoms with Gasteiger partial charge in [0.05, 0.1) is 25.0 Å². The molecule has 0 unspecified atom stereocenters. The van der Waals surface area contributed by atoms with Crippen LogP contribution in [0.3, 0.4) is 0 Å². The Bertz CT molecular complexity index is 1380. The molecule has 12 nitrogen and oxygen atoms in total. The van der Waals surface area contributed by atoms with Gasteiger partial charge in [0.1, 0.15) is 17.3 Å². The van der Waals surface area contributed by atoms with E-state index in [-0.39, 0.29) is 11.8 Å². The number of nitrogens with zero attached hydrogens (tertiary/aromatic N) is 8. The van der Waals surface area contributed by atoms with Gasteiger partial charge in [-0.05, 0) is 30.3 Å². The normalized spacial score (nSPS) is 17.4. The quantitative estimate of drug-likeness (QED) is 0.328. The highest BCUT2D eigenvalue weighted by Crippen LogP contribution is 2.27. The van der Waals surface area contributed by atoms with E-state index in [9.17, 15) is 8.94 Å². The van der Waals surface area contributed by atoms with Crippen LogP contribution in [0.4, 0.5) is 27.7 Å². The molecule has 0 atom stereocenters. The molecule has 6 rings (SSSR count). The number of nitrogen functional groups attached to an aromatic ring is 1. The van der Waals surface area contributed by atoms with Crippen LogP contribution in [0, 0.1) is 5.82 Å². The van der Waals surface area contributed by atoms with E-state index in [2.05, 4.69) is 40.1 Å². The lowest BCUT2D eigenvalue weighted by Gasteiger charge is -2.36. The Morgan fingerprint density at radius 3 is 2.58 bits per heavy atom. The van der Waals surface area contributed by atoms with E-state index in [1.54, 1.807) is 24.5 Å². The van der Waals surface area contributed by atoms with Crippen molar-refractivity contribution in [2.24, 2.45) is 0 Å². The number of rotatable bonds is 7. The maximum Gasteiger partial charge on any atom is 0.259 e. The molecule has 0 radical (unpaired) electrons. The van der Waals surface area contributed by atoms with Crippen molar-refractivity contribution in [2.75, 3.05) is 84.7 Å². The number of nitrogens with two attached hydrogens (primary N) is 1. The van der Waals surface area contributed by atoms with Gasteiger partial charge in [0.25, 0.3) is 5.78 Å². The first-order chi connectivity index (χ1) is 18.5. The number of hydrogen-bond acceptors (Lipinski definition) is 11. The van der Waals surface area contributed by atoms with Crippen LogP contribution in [0.1, 0.15) is 0 Å². The third kappa shape index (κ3) is 5.19. The van der Waals surface area contributed by atoms with Crippen molar-refractivity contribution in [3.63, 3.8) is 0 Å². The van der Waals surface area contributed by atoms with Gasteiger partial charge in [0.2, 0.25) is 17.7 Å². The van der Waals surface area contributed by atoms with Gasteiger partial charge >= 0.3 is 0 Å². The van der Waals surface area contributed by atoms with E-state index < -0.39 is 11.2 Å². The monoisotopic (exact) mass is 540 g/mol. The van der Waals surface area contributed by atoms with Crippen molar-refractivity contribution < 1.29 is 13.4 Å². The molecule has 0 saturated carbocycles. The zero-order valence-corrected chi connectivity index (χ0v) is 21.6. The third-order valence-electron chi connectivity index (χ3n) is 6.87. The average Bonchev–Trinajstić information content (AvgIpc) is 3.60. The predicted octanol–water partition coefficient (Wildman–Crippen LogP) is 1.30. The molecule has 14 heteroatoms. The van der Waals surface area contributed by atoms with Gasteiger partial charge in [-0.3, -0.25) is 4.90 Å². The summed E-state index contributed by atoms with van der Waals surface area (Å²) in [5, 5.41) is 7.52. The number of furan rings is 1. The zero-order valence-electron chi connectivity index (χ0n) is 20.8. The van der Waals surface area contributed by atoms with Crippen molar-refractivity contribution in [1.29, 1.82) is 0 Å². The Kier molecular flexibility index (Phi) is 6.91. The molecule has 0 bridgehead atoms. The highest BCUT2D eigenvalue weighted by Gasteiger charge is 2.23. The maximum absolute atomic E-state index is 15.0. The molecular formula is C24H29FN10O2S. The number of benzene rings is 1. The summed E-state index contributed by atoms with van der Waals surface area (Å²) in [7, 11) is 0. The minimum Gasteiger partial charge on any atom is -0.616 e. The first-order valence-corrected chi connectivity index (χ1v) is 14.1. The lowest BCUT2D eigenvalue weighted by molar-refractivity contribution is 0.266. The number of halogens is 1. The maximum atomic E-state index is 15.0. The molecular weight excluding hydrogens is 511 g/mol. The summed E-state index contributed by atoms with van der Waals surface area (Å²) in [6, 6.07) is 8.97. The average molecular weight is 541 g/mol. The van der Waals surface area contributed by atoms with Gasteiger partial charge < -0.3 is 29.8 Å². The minimum absolute atomic E-state index is 0.180. The highest BCUT2D eigenvalue weighted by atomic mass is 32.2. The Labute approximate surface area is 221 Å². The van der Waals surface area contributed by atoms with Gasteiger partial charge in [-0.25, -0.2) is 4.39 Å². The van der Waals surface area contributed by atoms with Gasteiger partial charge in [0.15, 0.2) is 5.76 Å². The predicted molar refractivity (Wildman–Crippen MR) is 144 cm³/mol. The van der Waals surface area contributed by atoms with Gasteiger partial charge in [-0.1, -0.05) is 11.2 Å². The molecule has 2 aliphatic heterocycles. The fourth-order valence-electron chi connectivity index (χ4n) is 4.78. The summed E-state index contributed by atoms with van der Waals surface area (Å²) in [5.74, 6) is 2.89. The number of fused-ring (bicyclic) bond motifs is 1. The number of piperazine rings is 1. The van der Waals surface area contributed by atoms with Crippen molar-refractivity contribution in [2.45, 2.75) is 0 Å². The Morgan fingerprint density at radius 2 is 1.84 bits per heavy atom. The molecule has 38 heavy (non-hydrogen) atoms. The molecule has 2 saturated heterocycles. The van der Waals surface area contributed by atoms with E-state index in [0.29, 0.717) is 60.1 Å². The molecule has 3 N–H and O–H groups in total. The van der Waals surface area contributed by atoms with E-state index in [4.69, 9.17) is 10.2 Å². The van der Waals surface area contributed by atoms with E-state index >= 15 is 0 Å². The Balaban J connectivity index is 1.00. The minimum atomic E-state index is -0.751. The molecule has 200 valence electrons. The molecule has 2 fully saturated rings. The molecule has 0 aliphatic carbocycles. The topological polar surface area (TPSA) is 140 Å². The lowest BCUT2D eigenvalue weighted by atomic mass is 10.2. The number of aromatic nitrogens is 5. The smallest absolute Gasteiger partial charge is 0.259 e. The number of nitrogens with one attached hydrogen (secondary N) is 1. The molecule has 3 aromatic heterocycles. The second kappa shape index (κ2) is 10.6. The molecule has 4 aromatic rings. The summed E-state index contributed by atoms with van der Waals surface area (Å²) in [6.45, 7) is 5.93. The molecule has 0 amide bonds.